The topological polar surface area (TPSA) is 29.9 Å². The summed E-state index contributed by atoms with van der Waals surface area (Å²) in [5, 5.41) is 7.58. The van der Waals surface area contributed by atoms with E-state index in [9.17, 15) is 4.39 Å². The maximum Gasteiger partial charge on any atom is 0.128 e. The first-order valence-electron chi connectivity index (χ1n) is 6.36. The Morgan fingerprint density at radius 3 is 3.00 bits per heavy atom. The molecular weight excluding hydrogens is 309 g/mol. The maximum absolute atomic E-state index is 13.7. The molecule has 0 bridgehead atoms. The Morgan fingerprint density at radius 1 is 1.37 bits per heavy atom. The smallest absolute Gasteiger partial charge is 0.128 e. The lowest BCUT2D eigenvalue weighted by molar-refractivity contribution is 0.560. The van der Waals surface area contributed by atoms with Crippen molar-refractivity contribution in [1.29, 1.82) is 0 Å². The molecule has 0 fully saturated rings. The number of rotatable bonds is 6. The van der Waals surface area contributed by atoms with Crippen molar-refractivity contribution in [2.45, 2.75) is 26.4 Å². The van der Waals surface area contributed by atoms with Crippen molar-refractivity contribution >= 4 is 15.9 Å². The zero-order chi connectivity index (χ0) is 13.7. The fourth-order valence-electron chi connectivity index (χ4n) is 1.87. The van der Waals surface area contributed by atoms with Crippen LogP contribution in [-0.4, -0.2) is 16.3 Å². The van der Waals surface area contributed by atoms with Gasteiger partial charge in [-0.05, 0) is 37.2 Å². The summed E-state index contributed by atoms with van der Waals surface area (Å²) in [7, 11) is 0. The zero-order valence-corrected chi connectivity index (χ0v) is 12.5. The second-order valence-electron chi connectivity index (χ2n) is 4.39. The zero-order valence-electron chi connectivity index (χ0n) is 10.9. The number of halogens is 2. The van der Waals surface area contributed by atoms with Gasteiger partial charge in [0, 0.05) is 22.8 Å². The minimum absolute atomic E-state index is 0.203. The molecule has 5 heteroatoms. The van der Waals surface area contributed by atoms with Crippen molar-refractivity contribution < 1.29 is 4.39 Å². The average molecular weight is 326 g/mol. The van der Waals surface area contributed by atoms with Crippen molar-refractivity contribution in [2.24, 2.45) is 0 Å². The highest BCUT2D eigenvalue weighted by molar-refractivity contribution is 9.10. The standard InChI is InChI=1S/C14H17BrFN3/c1-2-6-17-9-13-5-7-18-19(13)10-11-8-12(15)3-4-14(11)16/h3-5,7-8,17H,2,6,9-10H2,1H3. The Hall–Kier alpha value is -1.20. The van der Waals surface area contributed by atoms with Gasteiger partial charge in [0.1, 0.15) is 5.82 Å². The summed E-state index contributed by atoms with van der Waals surface area (Å²) in [5.41, 5.74) is 1.70. The SMILES string of the molecule is CCCNCc1ccnn1Cc1cc(Br)ccc1F. The van der Waals surface area contributed by atoms with Gasteiger partial charge in [-0.2, -0.15) is 5.10 Å². The second-order valence-corrected chi connectivity index (χ2v) is 5.31. The van der Waals surface area contributed by atoms with Crippen LogP contribution in [0.3, 0.4) is 0 Å². The number of nitrogens with zero attached hydrogens (tertiary/aromatic N) is 2. The van der Waals surface area contributed by atoms with Crippen LogP contribution >= 0.6 is 15.9 Å². The molecule has 0 saturated carbocycles. The van der Waals surface area contributed by atoms with E-state index in [2.05, 4.69) is 33.3 Å². The van der Waals surface area contributed by atoms with Gasteiger partial charge in [0.15, 0.2) is 0 Å². The van der Waals surface area contributed by atoms with E-state index in [0.717, 1.165) is 29.7 Å². The molecule has 1 heterocycles. The Morgan fingerprint density at radius 2 is 2.21 bits per heavy atom. The van der Waals surface area contributed by atoms with E-state index in [0.29, 0.717) is 12.1 Å². The summed E-state index contributed by atoms with van der Waals surface area (Å²) in [6.07, 6.45) is 2.84. The van der Waals surface area contributed by atoms with Gasteiger partial charge in [0.25, 0.3) is 0 Å². The fourth-order valence-corrected chi connectivity index (χ4v) is 2.28. The van der Waals surface area contributed by atoms with E-state index in [1.807, 2.05) is 10.7 Å². The highest BCUT2D eigenvalue weighted by atomic mass is 79.9. The highest BCUT2D eigenvalue weighted by Gasteiger charge is 2.07. The molecule has 2 aromatic rings. The lowest BCUT2D eigenvalue weighted by atomic mass is 10.2. The lowest BCUT2D eigenvalue weighted by Gasteiger charge is -2.09. The van der Waals surface area contributed by atoms with Gasteiger partial charge in [-0.3, -0.25) is 4.68 Å². The van der Waals surface area contributed by atoms with Gasteiger partial charge in [0.05, 0.1) is 12.2 Å². The van der Waals surface area contributed by atoms with Crippen LogP contribution in [0.4, 0.5) is 4.39 Å². The third kappa shape index (κ3) is 3.88. The van der Waals surface area contributed by atoms with Crippen molar-refractivity contribution in [3.8, 4) is 0 Å². The summed E-state index contributed by atoms with van der Waals surface area (Å²) in [5.74, 6) is -0.203. The van der Waals surface area contributed by atoms with Gasteiger partial charge in [-0.15, -0.1) is 0 Å². The molecule has 0 spiro atoms. The molecule has 102 valence electrons. The lowest BCUT2D eigenvalue weighted by Crippen LogP contribution is -2.18. The molecule has 3 nitrogen and oxygen atoms in total. The van der Waals surface area contributed by atoms with Gasteiger partial charge < -0.3 is 5.32 Å². The molecule has 2 rings (SSSR count). The predicted octanol–water partition coefficient (Wildman–Crippen LogP) is 3.33. The summed E-state index contributed by atoms with van der Waals surface area (Å²) in [6, 6.07) is 6.92. The van der Waals surface area contributed by atoms with Crippen LogP contribution in [0.5, 0.6) is 0 Å². The molecule has 19 heavy (non-hydrogen) atoms. The van der Waals surface area contributed by atoms with E-state index in [-0.39, 0.29) is 5.82 Å². The highest BCUT2D eigenvalue weighted by Crippen LogP contribution is 2.17. The van der Waals surface area contributed by atoms with Crippen LogP contribution < -0.4 is 5.32 Å². The second kappa shape index (κ2) is 6.82. The molecule has 0 aliphatic carbocycles. The Labute approximate surface area is 121 Å². The van der Waals surface area contributed by atoms with Crippen molar-refractivity contribution in [2.75, 3.05) is 6.54 Å². The molecule has 0 saturated heterocycles. The summed E-state index contributed by atoms with van der Waals surface area (Å²) >= 11 is 3.36. The normalized spacial score (nSPS) is 10.9. The number of nitrogens with one attached hydrogen (secondary N) is 1. The van der Waals surface area contributed by atoms with Gasteiger partial charge in [0.2, 0.25) is 0 Å². The third-order valence-corrected chi connectivity index (χ3v) is 3.36. The molecule has 1 aromatic carbocycles. The first kappa shape index (κ1) is 14.2. The summed E-state index contributed by atoms with van der Waals surface area (Å²) in [6.45, 7) is 4.29. The van der Waals surface area contributed by atoms with Gasteiger partial charge in [-0.1, -0.05) is 22.9 Å². The van der Waals surface area contributed by atoms with E-state index in [1.165, 1.54) is 6.07 Å². The number of hydrogen-bond acceptors (Lipinski definition) is 2. The summed E-state index contributed by atoms with van der Waals surface area (Å²) < 4.78 is 16.4. The van der Waals surface area contributed by atoms with Crippen LogP contribution in [0.2, 0.25) is 0 Å². The van der Waals surface area contributed by atoms with Gasteiger partial charge >= 0.3 is 0 Å². The van der Waals surface area contributed by atoms with Gasteiger partial charge in [-0.25, -0.2) is 4.39 Å². The summed E-state index contributed by atoms with van der Waals surface area (Å²) in [4.78, 5) is 0. The molecule has 0 aliphatic rings. The molecule has 1 N–H and O–H groups in total. The van der Waals surface area contributed by atoms with Crippen molar-refractivity contribution in [3.63, 3.8) is 0 Å². The molecule has 0 aliphatic heterocycles. The minimum Gasteiger partial charge on any atom is -0.311 e. The van der Waals surface area contributed by atoms with Crippen LogP contribution in [0.1, 0.15) is 24.6 Å². The van der Waals surface area contributed by atoms with Crippen LogP contribution in [-0.2, 0) is 13.1 Å². The van der Waals surface area contributed by atoms with E-state index < -0.39 is 0 Å². The quantitative estimate of drug-likeness (QED) is 0.825. The maximum atomic E-state index is 13.7. The van der Waals surface area contributed by atoms with E-state index in [4.69, 9.17) is 0 Å². The van der Waals surface area contributed by atoms with Crippen LogP contribution in [0, 0.1) is 5.82 Å². The van der Waals surface area contributed by atoms with E-state index >= 15 is 0 Å². The number of aromatic nitrogens is 2. The number of benzene rings is 1. The van der Waals surface area contributed by atoms with E-state index in [1.54, 1.807) is 18.3 Å². The van der Waals surface area contributed by atoms with Crippen molar-refractivity contribution in [1.82, 2.24) is 15.1 Å². The molecular formula is C14H17BrFN3. The Bertz CT molecular complexity index is 539. The fraction of sp³-hybridized carbons (Fsp3) is 0.357. The monoisotopic (exact) mass is 325 g/mol. The molecule has 0 atom stereocenters. The Balaban J connectivity index is 2.10. The first-order chi connectivity index (χ1) is 9.20. The van der Waals surface area contributed by atoms with Crippen LogP contribution in [0.25, 0.3) is 0 Å². The largest absolute Gasteiger partial charge is 0.311 e. The number of hydrogen-bond donors (Lipinski definition) is 1. The first-order valence-corrected chi connectivity index (χ1v) is 7.15. The predicted molar refractivity (Wildman–Crippen MR) is 77.4 cm³/mol. The molecule has 0 amide bonds. The minimum atomic E-state index is -0.203. The molecule has 0 unspecified atom stereocenters. The van der Waals surface area contributed by atoms with Crippen LogP contribution in [0.15, 0.2) is 34.9 Å². The Kier molecular flexibility index (Phi) is 5.10. The molecule has 1 aromatic heterocycles. The molecule has 0 radical (unpaired) electrons. The van der Waals surface area contributed by atoms with Crippen molar-refractivity contribution in [3.05, 3.63) is 52.0 Å². The average Bonchev–Trinajstić information content (AvgIpc) is 2.82. The third-order valence-electron chi connectivity index (χ3n) is 2.87.